The molecule has 4 rings (SSSR count). The van der Waals surface area contributed by atoms with Gasteiger partial charge in [0.25, 0.3) is 0 Å². The van der Waals surface area contributed by atoms with Gasteiger partial charge in [-0.05, 0) is 50.5 Å². The lowest BCUT2D eigenvalue weighted by Crippen LogP contribution is -2.29. The summed E-state index contributed by atoms with van der Waals surface area (Å²) in [5.74, 6) is 1.93. The molecular formula is C22H26Cl2N4S. The minimum absolute atomic E-state index is 0.619. The molecule has 3 aromatic rings. The van der Waals surface area contributed by atoms with Crippen LogP contribution in [0.25, 0.3) is 16.8 Å². The topological polar surface area (TPSA) is 33.4 Å². The number of fused-ring (bicyclic) bond motifs is 1. The third-order valence-electron chi connectivity index (χ3n) is 5.34. The molecule has 0 radical (unpaired) electrons. The van der Waals surface area contributed by atoms with Crippen LogP contribution >= 0.6 is 35.0 Å². The largest absolute Gasteiger partial charge is 0.356 e. The van der Waals surface area contributed by atoms with Crippen LogP contribution in [0, 0.1) is 12.8 Å². The standard InChI is InChI=1S/C22H26Cl2N4S/c1-4-5-10-27(13-15-6-7-15)19-11-14(2)25-21-20(22(29-3)26-28(19)21)17-9-8-16(23)12-18(17)24/h8-9,11-12,15H,4-7,10,13H2,1-3H3. The van der Waals surface area contributed by atoms with E-state index in [9.17, 15) is 0 Å². The van der Waals surface area contributed by atoms with Gasteiger partial charge in [0.05, 0.1) is 10.6 Å². The van der Waals surface area contributed by atoms with Gasteiger partial charge in [-0.25, -0.2) is 4.98 Å². The lowest BCUT2D eigenvalue weighted by atomic mass is 10.1. The van der Waals surface area contributed by atoms with Gasteiger partial charge in [-0.1, -0.05) is 42.6 Å². The molecule has 0 aliphatic heterocycles. The number of thioether (sulfide) groups is 1. The molecule has 29 heavy (non-hydrogen) atoms. The van der Waals surface area contributed by atoms with Gasteiger partial charge in [-0.15, -0.1) is 11.8 Å². The number of hydrogen-bond donors (Lipinski definition) is 0. The smallest absolute Gasteiger partial charge is 0.166 e. The van der Waals surface area contributed by atoms with Crippen LogP contribution in [0.15, 0.2) is 29.3 Å². The first-order valence-corrected chi connectivity index (χ1v) is 12.1. The third-order valence-corrected chi connectivity index (χ3v) is 6.56. The number of halogens is 2. The Bertz CT molecular complexity index is 1030. The average molecular weight is 449 g/mol. The van der Waals surface area contributed by atoms with Gasteiger partial charge < -0.3 is 4.90 Å². The summed E-state index contributed by atoms with van der Waals surface area (Å²) in [4.78, 5) is 7.36. The Labute approximate surface area is 186 Å². The van der Waals surface area contributed by atoms with Crippen LogP contribution in [0.5, 0.6) is 0 Å². The molecule has 4 nitrogen and oxygen atoms in total. The second-order valence-corrected chi connectivity index (χ2v) is 9.38. The fourth-order valence-corrected chi connectivity index (χ4v) is 4.73. The highest BCUT2D eigenvalue weighted by Crippen LogP contribution is 2.40. The Morgan fingerprint density at radius 1 is 1.24 bits per heavy atom. The van der Waals surface area contributed by atoms with Gasteiger partial charge in [0.15, 0.2) is 5.65 Å². The second kappa shape index (κ2) is 8.75. The zero-order valence-electron chi connectivity index (χ0n) is 17.1. The van der Waals surface area contributed by atoms with Crippen LogP contribution in [-0.4, -0.2) is 33.9 Å². The summed E-state index contributed by atoms with van der Waals surface area (Å²) in [5.41, 5.74) is 3.74. The fraction of sp³-hybridized carbons (Fsp3) is 0.455. The highest BCUT2D eigenvalue weighted by atomic mass is 35.5. The molecule has 1 aliphatic carbocycles. The normalized spacial score (nSPS) is 14.0. The third kappa shape index (κ3) is 4.37. The van der Waals surface area contributed by atoms with Gasteiger partial charge in [0.2, 0.25) is 0 Å². The summed E-state index contributed by atoms with van der Waals surface area (Å²) in [5, 5.41) is 7.12. The molecule has 0 unspecified atom stereocenters. The molecule has 1 fully saturated rings. The van der Waals surface area contributed by atoms with Crippen LogP contribution in [-0.2, 0) is 0 Å². The number of rotatable bonds is 8. The van der Waals surface area contributed by atoms with E-state index in [0.717, 1.165) is 52.3 Å². The molecule has 0 N–H and O–H groups in total. The number of aromatic nitrogens is 3. The van der Waals surface area contributed by atoms with E-state index < -0.39 is 0 Å². The molecule has 0 bridgehead atoms. The van der Waals surface area contributed by atoms with E-state index >= 15 is 0 Å². The Morgan fingerprint density at radius 2 is 2.03 bits per heavy atom. The van der Waals surface area contributed by atoms with Gasteiger partial charge >= 0.3 is 0 Å². The molecule has 2 aromatic heterocycles. The highest BCUT2D eigenvalue weighted by Gasteiger charge is 2.27. The summed E-state index contributed by atoms with van der Waals surface area (Å²) in [6, 6.07) is 7.77. The molecule has 0 amide bonds. The zero-order valence-corrected chi connectivity index (χ0v) is 19.4. The Kier molecular flexibility index (Phi) is 6.28. The maximum atomic E-state index is 6.57. The summed E-state index contributed by atoms with van der Waals surface area (Å²) < 4.78 is 2.01. The summed E-state index contributed by atoms with van der Waals surface area (Å²) >= 11 is 14.3. The number of unbranched alkanes of at least 4 members (excludes halogenated alkanes) is 1. The van der Waals surface area contributed by atoms with E-state index in [1.54, 1.807) is 17.8 Å². The van der Waals surface area contributed by atoms with Crippen LogP contribution < -0.4 is 4.90 Å². The molecule has 7 heteroatoms. The van der Waals surface area contributed by atoms with Gasteiger partial charge in [-0.2, -0.15) is 9.61 Å². The molecule has 0 saturated heterocycles. The van der Waals surface area contributed by atoms with Crippen molar-refractivity contribution in [3.63, 3.8) is 0 Å². The molecule has 1 aliphatic rings. The molecule has 1 aromatic carbocycles. The molecule has 154 valence electrons. The maximum absolute atomic E-state index is 6.57. The van der Waals surface area contributed by atoms with Gasteiger partial charge in [0, 0.05) is 35.4 Å². The van der Waals surface area contributed by atoms with E-state index in [-0.39, 0.29) is 0 Å². The van der Waals surface area contributed by atoms with Crippen LogP contribution in [0.3, 0.4) is 0 Å². The van der Waals surface area contributed by atoms with Crippen molar-refractivity contribution in [3.8, 4) is 11.1 Å². The van der Waals surface area contributed by atoms with E-state index in [0.29, 0.717) is 10.0 Å². The Hall–Kier alpha value is -1.43. The molecular weight excluding hydrogens is 423 g/mol. The Balaban J connectivity index is 1.90. The van der Waals surface area contributed by atoms with Gasteiger partial charge in [-0.3, -0.25) is 0 Å². The fourth-order valence-electron chi connectivity index (χ4n) is 3.66. The molecule has 1 saturated carbocycles. The van der Waals surface area contributed by atoms with Crippen LogP contribution in [0.2, 0.25) is 10.0 Å². The number of aryl methyl sites for hydroxylation is 1. The minimum atomic E-state index is 0.619. The highest BCUT2D eigenvalue weighted by molar-refractivity contribution is 7.98. The lowest BCUT2D eigenvalue weighted by Gasteiger charge is -2.25. The SMILES string of the molecule is CCCCN(CC1CC1)c1cc(C)nc2c(-c3ccc(Cl)cc3Cl)c(SC)nn12. The molecule has 0 atom stereocenters. The zero-order chi connectivity index (χ0) is 20.5. The summed E-state index contributed by atoms with van der Waals surface area (Å²) in [6.45, 7) is 6.42. The lowest BCUT2D eigenvalue weighted by molar-refractivity contribution is 0.658. The van der Waals surface area contributed by atoms with Crippen molar-refractivity contribution in [2.75, 3.05) is 24.2 Å². The van der Waals surface area contributed by atoms with E-state index in [2.05, 4.69) is 24.8 Å². The van der Waals surface area contributed by atoms with Crippen molar-refractivity contribution in [2.24, 2.45) is 5.92 Å². The number of anilines is 1. The predicted octanol–water partition coefficient (Wildman–Crippen LogP) is 6.75. The maximum Gasteiger partial charge on any atom is 0.166 e. The van der Waals surface area contributed by atoms with E-state index in [1.165, 1.54) is 25.7 Å². The second-order valence-electron chi connectivity index (χ2n) is 7.74. The van der Waals surface area contributed by atoms with Gasteiger partial charge in [0.1, 0.15) is 10.8 Å². The number of benzene rings is 1. The average Bonchev–Trinajstić information content (AvgIpc) is 3.44. The predicted molar refractivity (Wildman–Crippen MR) is 125 cm³/mol. The van der Waals surface area contributed by atoms with Crippen LogP contribution in [0.4, 0.5) is 5.82 Å². The van der Waals surface area contributed by atoms with Crippen molar-refractivity contribution in [3.05, 3.63) is 40.0 Å². The quantitative estimate of drug-likeness (QED) is 0.356. The molecule has 2 heterocycles. The Morgan fingerprint density at radius 3 is 2.69 bits per heavy atom. The summed E-state index contributed by atoms with van der Waals surface area (Å²) in [6.07, 6.45) is 7.05. The molecule has 0 spiro atoms. The summed E-state index contributed by atoms with van der Waals surface area (Å²) in [7, 11) is 0. The minimum Gasteiger partial charge on any atom is -0.356 e. The van der Waals surface area contributed by atoms with E-state index in [1.807, 2.05) is 22.9 Å². The van der Waals surface area contributed by atoms with Crippen molar-refractivity contribution < 1.29 is 0 Å². The first-order valence-electron chi connectivity index (χ1n) is 10.2. The monoisotopic (exact) mass is 448 g/mol. The van der Waals surface area contributed by atoms with Crippen molar-refractivity contribution in [1.29, 1.82) is 0 Å². The van der Waals surface area contributed by atoms with E-state index in [4.69, 9.17) is 33.3 Å². The number of hydrogen-bond acceptors (Lipinski definition) is 4. The van der Waals surface area contributed by atoms with Crippen molar-refractivity contribution >= 4 is 46.4 Å². The number of nitrogens with zero attached hydrogens (tertiary/aromatic N) is 4. The first-order chi connectivity index (χ1) is 14.0. The van der Waals surface area contributed by atoms with Crippen molar-refractivity contribution in [1.82, 2.24) is 14.6 Å². The van der Waals surface area contributed by atoms with Crippen molar-refractivity contribution in [2.45, 2.75) is 44.6 Å². The first kappa shape index (κ1) is 20.8. The van der Waals surface area contributed by atoms with Crippen LogP contribution in [0.1, 0.15) is 38.3 Å².